The van der Waals surface area contributed by atoms with E-state index in [1.165, 1.54) is 12.0 Å². The van der Waals surface area contributed by atoms with Crippen molar-refractivity contribution in [3.05, 3.63) is 64.8 Å². The predicted octanol–water partition coefficient (Wildman–Crippen LogP) is 2.81. The topological polar surface area (TPSA) is 88.1 Å². The number of hydrogen-bond donors (Lipinski definition) is 2. The molecule has 2 aromatic carbocycles. The smallest absolute Gasteiger partial charge is 0.337 e. The van der Waals surface area contributed by atoms with E-state index in [1.54, 1.807) is 48.5 Å². The van der Waals surface area contributed by atoms with Crippen LogP contribution >= 0.6 is 11.6 Å². The second-order valence-electron chi connectivity index (χ2n) is 5.98. The van der Waals surface area contributed by atoms with Gasteiger partial charge in [0, 0.05) is 11.6 Å². The Bertz CT molecular complexity index is 928. The number of carbonyl (C=O) groups excluding carboxylic acids is 2. The minimum absolute atomic E-state index is 0.0612. The highest BCUT2D eigenvalue weighted by molar-refractivity contribution is 6.30. The quantitative estimate of drug-likeness (QED) is 0.692. The van der Waals surface area contributed by atoms with Crippen LogP contribution in [0.4, 0.5) is 5.69 Å². The summed E-state index contributed by atoms with van der Waals surface area (Å²) in [7, 11) is 1.25. The molecule has 2 N–H and O–H groups in total. The van der Waals surface area contributed by atoms with Crippen LogP contribution < -0.4 is 10.1 Å². The number of anilines is 1. The highest BCUT2D eigenvalue weighted by Crippen LogP contribution is 2.33. The first kappa shape index (κ1) is 19.7. The first-order chi connectivity index (χ1) is 13.5. The summed E-state index contributed by atoms with van der Waals surface area (Å²) in [5.41, 5.74) is 0.791. The zero-order valence-corrected chi connectivity index (χ0v) is 15.9. The van der Waals surface area contributed by atoms with Gasteiger partial charge in [0.2, 0.25) is 0 Å². The van der Waals surface area contributed by atoms with Crippen LogP contribution in [-0.4, -0.2) is 48.7 Å². The number of para-hydroxylation sites is 2. The van der Waals surface area contributed by atoms with Crippen LogP contribution in [0, 0.1) is 0 Å². The normalized spacial score (nSPS) is 13.7. The number of halogens is 1. The lowest BCUT2D eigenvalue weighted by atomic mass is 10.2. The van der Waals surface area contributed by atoms with Crippen LogP contribution in [-0.2, 0) is 14.3 Å². The number of ether oxygens (including phenoxy) is 2. The van der Waals surface area contributed by atoms with Crippen LogP contribution in [0.3, 0.4) is 0 Å². The van der Waals surface area contributed by atoms with E-state index in [1.807, 2.05) is 0 Å². The lowest BCUT2D eigenvalue weighted by Crippen LogP contribution is -2.31. The zero-order chi connectivity index (χ0) is 20.1. The summed E-state index contributed by atoms with van der Waals surface area (Å²) in [6, 6.07) is 13.9. The van der Waals surface area contributed by atoms with Crippen molar-refractivity contribution in [3.63, 3.8) is 0 Å². The molecule has 0 saturated carbocycles. The lowest BCUT2D eigenvalue weighted by molar-refractivity contribution is -0.136. The summed E-state index contributed by atoms with van der Waals surface area (Å²) in [6.45, 7) is -0.0289. The summed E-state index contributed by atoms with van der Waals surface area (Å²) in [6.07, 6.45) is 0. The van der Waals surface area contributed by atoms with Crippen molar-refractivity contribution in [1.82, 2.24) is 4.90 Å². The number of nitrogens with zero attached hydrogens (tertiary/aromatic N) is 1. The Morgan fingerprint density at radius 1 is 1.25 bits per heavy atom. The molecule has 0 aliphatic carbocycles. The molecule has 2 aromatic rings. The van der Waals surface area contributed by atoms with Gasteiger partial charge >= 0.3 is 5.97 Å². The Labute approximate surface area is 167 Å². The van der Waals surface area contributed by atoms with Crippen LogP contribution in [0.15, 0.2) is 59.8 Å². The number of hydrogen-bond acceptors (Lipinski definition) is 6. The number of methoxy groups -OCH3 is 1. The SMILES string of the molecule is COC(=O)C1=C(Nc2ccccc2Oc2cccc(Cl)c2)C(=O)N(CCO)C1. The maximum absolute atomic E-state index is 12.7. The number of amides is 1. The van der Waals surface area contributed by atoms with Crippen LogP contribution in [0.1, 0.15) is 0 Å². The fourth-order valence-corrected chi connectivity index (χ4v) is 2.98. The van der Waals surface area contributed by atoms with Crippen molar-refractivity contribution in [1.29, 1.82) is 0 Å². The first-order valence-corrected chi connectivity index (χ1v) is 8.92. The van der Waals surface area contributed by atoms with E-state index < -0.39 is 11.9 Å². The van der Waals surface area contributed by atoms with Crippen molar-refractivity contribution in [2.24, 2.45) is 0 Å². The first-order valence-electron chi connectivity index (χ1n) is 8.54. The monoisotopic (exact) mass is 402 g/mol. The zero-order valence-electron chi connectivity index (χ0n) is 15.1. The van der Waals surface area contributed by atoms with Gasteiger partial charge < -0.3 is 24.8 Å². The third-order valence-corrected chi connectivity index (χ3v) is 4.36. The number of carbonyl (C=O) groups is 2. The van der Waals surface area contributed by atoms with Gasteiger partial charge in [-0.15, -0.1) is 0 Å². The van der Waals surface area contributed by atoms with Gasteiger partial charge in [-0.1, -0.05) is 29.8 Å². The molecular formula is C20H19ClN2O5. The molecule has 3 rings (SSSR count). The molecule has 1 heterocycles. The van der Waals surface area contributed by atoms with E-state index in [0.29, 0.717) is 22.2 Å². The van der Waals surface area contributed by atoms with Crippen molar-refractivity contribution < 1.29 is 24.2 Å². The molecule has 7 nitrogen and oxygen atoms in total. The summed E-state index contributed by atoms with van der Waals surface area (Å²) in [4.78, 5) is 26.2. The maximum atomic E-state index is 12.7. The molecule has 0 radical (unpaired) electrons. The summed E-state index contributed by atoms with van der Waals surface area (Å²) >= 11 is 6.00. The van der Waals surface area contributed by atoms with Gasteiger partial charge in [0.25, 0.3) is 5.91 Å². The van der Waals surface area contributed by atoms with E-state index >= 15 is 0 Å². The largest absolute Gasteiger partial charge is 0.466 e. The minimum Gasteiger partial charge on any atom is -0.466 e. The number of nitrogens with one attached hydrogen (secondary N) is 1. The van der Waals surface area contributed by atoms with Crippen molar-refractivity contribution in [2.45, 2.75) is 0 Å². The molecule has 1 amide bonds. The van der Waals surface area contributed by atoms with Crippen molar-refractivity contribution in [2.75, 3.05) is 32.1 Å². The van der Waals surface area contributed by atoms with Crippen molar-refractivity contribution in [3.8, 4) is 11.5 Å². The number of β-amino-alcohol motifs (C(OH)–C–C–N with tert-alkyl or cyclic N) is 1. The number of aliphatic hydroxyl groups excluding tert-OH is 1. The fraction of sp³-hybridized carbons (Fsp3) is 0.200. The maximum Gasteiger partial charge on any atom is 0.337 e. The second kappa shape index (κ2) is 8.77. The molecule has 1 aliphatic heterocycles. The Morgan fingerprint density at radius 2 is 2.04 bits per heavy atom. The summed E-state index contributed by atoms with van der Waals surface area (Å²) in [5, 5.41) is 12.7. The Balaban J connectivity index is 1.91. The van der Waals surface area contributed by atoms with Gasteiger partial charge in [-0.2, -0.15) is 0 Å². The average Bonchev–Trinajstić information content (AvgIpc) is 2.99. The van der Waals surface area contributed by atoms with E-state index in [0.717, 1.165) is 0 Å². The van der Waals surface area contributed by atoms with Crippen LogP contribution in [0.2, 0.25) is 5.02 Å². The lowest BCUT2D eigenvalue weighted by Gasteiger charge is -2.16. The number of esters is 1. The molecule has 0 fully saturated rings. The van der Waals surface area contributed by atoms with Gasteiger partial charge in [0.05, 0.1) is 31.5 Å². The van der Waals surface area contributed by atoms with Gasteiger partial charge in [-0.3, -0.25) is 4.79 Å². The second-order valence-corrected chi connectivity index (χ2v) is 6.41. The molecule has 0 unspecified atom stereocenters. The number of rotatable bonds is 7. The van der Waals surface area contributed by atoms with E-state index in [9.17, 15) is 9.59 Å². The third-order valence-electron chi connectivity index (χ3n) is 4.12. The van der Waals surface area contributed by atoms with Crippen LogP contribution in [0.5, 0.6) is 11.5 Å². The molecule has 0 bridgehead atoms. The van der Waals surface area contributed by atoms with Gasteiger partial charge in [0.1, 0.15) is 11.4 Å². The average molecular weight is 403 g/mol. The third kappa shape index (κ3) is 4.27. The minimum atomic E-state index is -0.607. The van der Waals surface area contributed by atoms with Crippen LogP contribution in [0.25, 0.3) is 0 Å². The standard InChI is InChI=1S/C20H19ClN2O5/c1-27-20(26)15-12-23(9-10-24)19(25)18(15)22-16-7-2-3-8-17(16)28-14-6-4-5-13(21)11-14/h2-8,11,22,24H,9-10,12H2,1H3. The highest BCUT2D eigenvalue weighted by Gasteiger charge is 2.34. The Hall–Kier alpha value is -3.03. The fourth-order valence-electron chi connectivity index (χ4n) is 2.80. The molecule has 0 atom stereocenters. The van der Waals surface area contributed by atoms with E-state index in [-0.39, 0.29) is 31.0 Å². The molecular weight excluding hydrogens is 384 g/mol. The summed E-state index contributed by atoms with van der Waals surface area (Å²) in [5.74, 6) is -0.0185. The van der Waals surface area contributed by atoms with Crippen molar-refractivity contribution >= 4 is 29.2 Å². The molecule has 146 valence electrons. The predicted molar refractivity (Wildman–Crippen MR) is 104 cm³/mol. The van der Waals surface area contributed by atoms with Gasteiger partial charge in [-0.25, -0.2) is 4.79 Å². The molecule has 8 heteroatoms. The van der Waals surface area contributed by atoms with E-state index in [4.69, 9.17) is 26.2 Å². The summed E-state index contributed by atoms with van der Waals surface area (Å²) < 4.78 is 10.7. The molecule has 28 heavy (non-hydrogen) atoms. The van der Waals surface area contributed by atoms with E-state index in [2.05, 4.69) is 5.32 Å². The van der Waals surface area contributed by atoms with Gasteiger partial charge in [0.15, 0.2) is 5.75 Å². The number of benzene rings is 2. The molecule has 0 spiro atoms. The Morgan fingerprint density at radius 3 is 2.75 bits per heavy atom. The molecule has 1 aliphatic rings. The Kier molecular flexibility index (Phi) is 6.18. The molecule has 0 aromatic heterocycles. The van der Waals surface area contributed by atoms with Gasteiger partial charge in [-0.05, 0) is 30.3 Å². The number of aliphatic hydroxyl groups is 1. The molecule has 0 saturated heterocycles. The highest BCUT2D eigenvalue weighted by atomic mass is 35.5.